The Morgan fingerprint density at radius 2 is 1.79 bits per heavy atom. The molecule has 2 fully saturated rings. The van der Waals surface area contributed by atoms with E-state index in [0.717, 1.165) is 88.1 Å². The van der Waals surface area contributed by atoms with E-state index >= 15 is 0 Å². The fraction of sp³-hybridized carbons (Fsp3) is 0.281. The number of hydrazine groups is 1. The lowest BCUT2D eigenvalue weighted by molar-refractivity contribution is 0.0182. The maximum atomic E-state index is 13.4. The third kappa shape index (κ3) is 4.28. The molecule has 3 aromatic heterocycles. The quantitative estimate of drug-likeness (QED) is 0.280. The van der Waals surface area contributed by atoms with Crippen LogP contribution in [-0.2, 0) is 0 Å². The van der Waals surface area contributed by atoms with Crippen molar-refractivity contribution in [2.75, 3.05) is 33.3 Å². The van der Waals surface area contributed by atoms with Crippen molar-refractivity contribution in [1.29, 1.82) is 0 Å². The normalized spacial score (nSPS) is 18.3. The zero-order valence-electron chi connectivity index (χ0n) is 22.1. The van der Waals surface area contributed by atoms with Gasteiger partial charge in [-0.05, 0) is 55.2 Å². The summed E-state index contributed by atoms with van der Waals surface area (Å²) in [4.78, 5) is 25.9. The summed E-state index contributed by atoms with van der Waals surface area (Å²) in [6.45, 7) is 4.05. The number of hydrogen-bond acceptors (Lipinski definition) is 6. The summed E-state index contributed by atoms with van der Waals surface area (Å²) < 4.78 is 5.84. The van der Waals surface area contributed by atoms with Crippen molar-refractivity contribution < 1.29 is 9.53 Å². The first-order chi connectivity index (χ1) is 19.2. The standard InChI is InChI=1S/C32H31N5O2/c1-39-29-11-10-26-31(25-17-27(34-19-28(25)35-26)23-5-4-13-33-18-23)30(29)21-6-8-22(9-7-21)32(38)24-12-16-37(20-24)36-14-2-3-15-36/h4-11,13,17-19,24,35H,2-3,12,14-16,20H2,1H3. The van der Waals surface area contributed by atoms with E-state index in [9.17, 15) is 4.79 Å². The van der Waals surface area contributed by atoms with Crippen LogP contribution in [0.15, 0.2) is 73.2 Å². The predicted octanol–water partition coefficient (Wildman–Crippen LogP) is 5.97. The van der Waals surface area contributed by atoms with Gasteiger partial charge in [0, 0.05) is 77.5 Å². The van der Waals surface area contributed by atoms with Crippen molar-refractivity contribution >= 4 is 27.6 Å². The number of Topliss-reactive ketones (excluding diaryl/α,β-unsaturated/α-hetero) is 1. The Balaban J connectivity index is 1.25. The maximum Gasteiger partial charge on any atom is 0.167 e. The summed E-state index contributed by atoms with van der Waals surface area (Å²) in [5, 5.41) is 6.97. The van der Waals surface area contributed by atoms with Crippen LogP contribution >= 0.6 is 0 Å². The van der Waals surface area contributed by atoms with Gasteiger partial charge < -0.3 is 9.72 Å². The fourth-order valence-electron chi connectivity index (χ4n) is 6.24. The van der Waals surface area contributed by atoms with E-state index < -0.39 is 0 Å². The topological polar surface area (TPSA) is 74.3 Å². The molecule has 1 atom stereocenters. The Morgan fingerprint density at radius 1 is 0.949 bits per heavy atom. The van der Waals surface area contributed by atoms with Crippen LogP contribution in [0.2, 0.25) is 0 Å². The molecule has 2 aromatic carbocycles. The molecule has 0 saturated carbocycles. The molecule has 5 heterocycles. The number of nitrogens with zero attached hydrogens (tertiary/aromatic N) is 4. The molecule has 2 aliphatic rings. The van der Waals surface area contributed by atoms with Crippen molar-refractivity contribution in [1.82, 2.24) is 25.0 Å². The van der Waals surface area contributed by atoms with Gasteiger partial charge in [0.15, 0.2) is 5.78 Å². The van der Waals surface area contributed by atoms with E-state index in [1.807, 2.05) is 48.8 Å². The molecule has 5 aromatic rings. The number of benzene rings is 2. The molecule has 0 radical (unpaired) electrons. The van der Waals surface area contributed by atoms with Crippen LogP contribution in [0.4, 0.5) is 0 Å². The van der Waals surface area contributed by atoms with Crippen LogP contribution in [0.25, 0.3) is 44.2 Å². The highest BCUT2D eigenvalue weighted by Crippen LogP contribution is 2.41. The molecule has 1 unspecified atom stereocenters. The molecule has 0 aliphatic carbocycles. The Kier molecular flexibility index (Phi) is 6.10. The van der Waals surface area contributed by atoms with Gasteiger partial charge in [0.25, 0.3) is 0 Å². The van der Waals surface area contributed by atoms with Crippen LogP contribution < -0.4 is 4.74 Å². The highest BCUT2D eigenvalue weighted by molar-refractivity contribution is 6.16. The fourth-order valence-corrected chi connectivity index (χ4v) is 6.24. The number of rotatable bonds is 6. The minimum absolute atomic E-state index is 0.0569. The van der Waals surface area contributed by atoms with E-state index in [1.54, 1.807) is 13.3 Å². The van der Waals surface area contributed by atoms with Gasteiger partial charge in [0.05, 0.1) is 24.5 Å². The highest BCUT2D eigenvalue weighted by Gasteiger charge is 2.32. The molecule has 0 amide bonds. The first kappa shape index (κ1) is 24.0. The van der Waals surface area contributed by atoms with Gasteiger partial charge in [-0.3, -0.25) is 14.8 Å². The predicted molar refractivity (Wildman–Crippen MR) is 154 cm³/mol. The van der Waals surface area contributed by atoms with Gasteiger partial charge in [0.2, 0.25) is 0 Å². The Morgan fingerprint density at radius 3 is 2.56 bits per heavy atom. The lowest BCUT2D eigenvalue weighted by Gasteiger charge is -2.27. The number of pyridine rings is 2. The second-order valence-electron chi connectivity index (χ2n) is 10.5. The molecule has 2 aliphatic heterocycles. The van der Waals surface area contributed by atoms with E-state index in [-0.39, 0.29) is 11.7 Å². The Labute approximate surface area is 227 Å². The molecule has 1 N–H and O–H groups in total. The number of hydrogen-bond donors (Lipinski definition) is 1. The number of methoxy groups -OCH3 is 1. The van der Waals surface area contributed by atoms with Gasteiger partial charge in [0.1, 0.15) is 5.75 Å². The molecule has 2 saturated heterocycles. The zero-order chi connectivity index (χ0) is 26.3. The minimum atomic E-state index is 0.0569. The van der Waals surface area contributed by atoms with Crippen LogP contribution in [0.1, 0.15) is 29.6 Å². The van der Waals surface area contributed by atoms with Gasteiger partial charge >= 0.3 is 0 Å². The van der Waals surface area contributed by atoms with Crippen LogP contribution in [-0.4, -0.2) is 64.0 Å². The second-order valence-corrected chi connectivity index (χ2v) is 10.5. The van der Waals surface area contributed by atoms with Crippen LogP contribution in [0.3, 0.4) is 0 Å². The second kappa shape index (κ2) is 9.91. The molecule has 7 heteroatoms. The first-order valence-corrected chi connectivity index (χ1v) is 13.7. The molecular formula is C32H31N5O2. The number of ketones is 1. The van der Waals surface area contributed by atoms with E-state index in [4.69, 9.17) is 4.74 Å². The van der Waals surface area contributed by atoms with Gasteiger partial charge in [-0.25, -0.2) is 10.0 Å². The highest BCUT2D eigenvalue weighted by atomic mass is 16.5. The van der Waals surface area contributed by atoms with Crippen LogP contribution in [0.5, 0.6) is 5.75 Å². The molecule has 196 valence electrons. The van der Waals surface area contributed by atoms with Crippen molar-refractivity contribution in [2.24, 2.45) is 5.92 Å². The zero-order valence-corrected chi connectivity index (χ0v) is 22.1. The summed E-state index contributed by atoms with van der Waals surface area (Å²) in [6.07, 6.45) is 8.90. The summed E-state index contributed by atoms with van der Waals surface area (Å²) in [7, 11) is 1.70. The summed E-state index contributed by atoms with van der Waals surface area (Å²) in [6, 6.07) is 18.2. The first-order valence-electron chi connectivity index (χ1n) is 13.7. The summed E-state index contributed by atoms with van der Waals surface area (Å²) in [5.74, 6) is 1.09. The Hall–Kier alpha value is -4.07. The number of aromatic nitrogens is 3. The molecule has 39 heavy (non-hydrogen) atoms. The van der Waals surface area contributed by atoms with Crippen molar-refractivity contribution in [3.63, 3.8) is 0 Å². The average molecular weight is 518 g/mol. The van der Waals surface area contributed by atoms with Gasteiger partial charge in [-0.2, -0.15) is 0 Å². The average Bonchev–Trinajstić information content (AvgIpc) is 3.76. The van der Waals surface area contributed by atoms with Crippen molar-refractivity contribution in [2.45, 2.75) is 19.3 Å². The molecular weight excluding hydrogens is 486 g/mol. The van der Waals surface area contributed by atoms with Crippen molar-refractivity contribution in [3.8, 4) is 28.1 Å². The largest absolute Gasteiger partial charge is 0.496 e. The molecule has 0 spiro atoms. The number of aromatic amines is 1. The minimum Gasteiger partial charge on any atom is -0.496 e. The van der Waals surface area contributed by atoms with E-state index in [2.05, 4.69) is 43.2 Å². The lowest BCUT2D eigenvalue weighted by atomic mass is 9.93. The third-order valence-electron chi connectivity index (χ3n) is 8.27. The molecule has 7 rings (SSSR count). The monoisotopic (exact) mass is 517 g/mol. The number of carbonyl (C=O) groups excluding carboxylic acids is 1. The number of nitrogens with one attached hydrogen (secondary N) is 1. The molecule has 0 bridgehead atoms. The van der Waals surface area contributed by atoms with E-state index in [1.165, 1.54) is 12.8 Å². The molecule has 7 nitrogen and oxygen atoms in total. The van der Waals surface area contributed by atoms with E-state index in [0.29, 0.717) is 0 Å². The number of fused-ring (bicyclic) bond motifs is 3. The SMILES string of the molecule is COc1ccc2[nH]c3cnc(-c4cccnc4)cc3c2c1-c1ccc(C(=O)C2CCN(N3CCCC3)C2)cc1. The summed E-state index contributed by atoms with van der Waals surface area (Å²) >= 11 is 0. The van der Waals surface area contributed by atoms with Crippen molar-refractivity contribution in [3.05, 3.63) is 78.8 Å². The Bertz CT molecular complexity index is 1660. The third-order valence-corrected chi connectivity index (χ3v) is 8.27. The maximum absolute atomic E-state index is 13.4. The number of ether oxygens (including phenoxy) is 1. The van der Waals surface area contributed by atoms with Gasteiger partial charge in [-0.15, -0.1) is 0 Å². The van der Waals surface area contributed by atoms with Crippen LogP contribution in [0, 0.1) is 5.92 Å². The number of carbonyl (C=O) groups is 1. The lowest BCUT2D eigenvalue weighted by Crippen LogP contribution is -2.39. The number of H-pyrrole nitrogens is 1. The van der Waals surface area contributed by atoms with Gasteiger partial charge in [-0.1, -0.05) is 24.3 Å². The smallest absolute Gasteiger partial charge is 0.167 e. The summed E-state index contributed by atoms with van der Waals surface area (Å²) in [5.41, 5.74) is 6.60.